The third-order valence-electron chi connectivity index (χ3n) is 6.95. The highest BCUT2D eigenvalue weighted by molar-refractivity contribution is 6.30. The van der Waals surface area contributed by atoms with Crippen LogP contribution in [0.25, 0.3) is 0 Å². The van der Waals surface area contributed by atoms with Gasteiger partial charge in [0, 0.05) is 35.4 Å². The van der Waals surface area contributed by atoms with E-state index in [0.29, 0.717) is 29.4 Å². The topological polar surface area (TPSA) is 163 Å². The number of piperazine rings is 1. The van der Waals surface area contributed by atoms with Crippen molar-refractivity contribution in [1.82, 2.24) is 25.3 Å². The third-order valence-corrected chi connectivity index (χ3v) is 7.20. The largest absolute Gasteiger partial charge is 0.487 e. The van der Waals surface area contributed by atoms with E-state index in [1.165, 1.54) is 11.0 Å². The van der Waals surface area contributed by atoms with Crippen molar-refractivity contribution in [3.63, 3.8) is 0 Å². The molecule has 1 fully saturated rings. The number of aliphatic imine (C=N–C) groups is 1. The maximum absolute atomic E-state index is 14.4. The lowest BCUT2D eigenvalue weighted by molar-refractivity contribution is -0.123. The number of halogens is 1. The van der Waals surface area contributed by atoms with Crippen molar-refractivity contribution >= 4 is 41.1 Å². The van der Waals surface area contributed by atoms with Gasteiger partial charge in [-0.2, -0.15) is 5.10 Å². The van der Waals surface area contributed by atoms with Crippen LogP contribution in [0.1, 0.15) is 66.3 Å². The first kappa shape index (κ1) is 29.8. The van der Waals surface area contributed by atoms with Gasteiger partial charge in [-0.05, 0) is 50.6 Å². The third kappa shape index (κ3) is 6.54. The van der Waals surface area contributed by atoms with Gasteiger partial charge in [-0.1, -0.05) is 29.8 Å². The van der Waals surface area contributed by atoms with E-state index >= 15 is 0 Å². The van der Waals surface area contributed by atoms with Crippen LogP contribution in [-0.2, 0) is 9.59 Å². The lowest BCUT2D eigenvalue weighted by Gasteiger charge is -2.36. The molecule has 2 unspecified atom stereocenters. The standard InChI is InChI=1S/C30H32ClN7O5/c1-30(2,3)43-23-12-18(22(39)13-24(32)40)6-9-21(23)28-36-26(19-14-34-35-15-19)27(17-4-7-20(31)8-5-17)38(28)29(42)37-11-10-33-25(41)16-37/h4-9,12,14-15,26-27H,10-11,13,16H2,1-3H3,(H2,32,40)(H,33,41)(H,34,35). The van der Waals surface area contributed by atoms with Crippen LogP contribution in [0.15, 0.2) is 59.9 Å². The number of carbonyl (C=O) groups is 4. The summed E-state index contributed by atoms with van der Waals surface area (Å²) in [5.74, 6) is -0.896. The van der Waals surface area contributed by atoms with Crippen molar-refractivity contribution in [2.24, 2.45) is 10.7 Å². The molecule has 1 aromatic heterocycles. The minimum absolute atomic E-state index is 0.113. The molecule has 3 heterocycles. The van der Waals surface area contributed by atoms with Crippen LogP contribution in [0, 0.1) is 0 Å². The average Bonchev–Trinajstić information content (AvgIpc) is 3.60. The highest BCUT2D eigenvalue weighted by atomic mass is 35.5. The Morgan fingerprint density at radius 1 is 1.12 bits per heavy atom. The molecule has 13 heteroatoms. The Hall–Kier alpha value is -4.71. The molecule has 4 amide bonds. The second-order valence-corrected chi connectivity index (χ2v) is 11.8. The number of nitrogens with one attached hydrogen (secondary N) is 2. The van der Waals surface area contributed by atoms with Crippen LogP contribution in [0.3, 0.4) is 0 Å². The number of nitrogens with zero attached hydrogens (tertiary/aromatic N) is 4. The molecular formula is C30H32ClN7O5. The van der Waals surface area contributed by atoms with Crippen molar-refractivity contribution in [1.29, 1.82) is 0 Å². The van der Waals surface area contributed by atoms with Gasteiger partial charge in [-0.25, -0.2) is 4.79 Å². The zero-order valence-electron chi connectivity index (χ0n) is 24.0. The number of Topliss-reactive ketones (excluding diaryl/α,β-unsaturated/α-hetero) is 1. The smallest absolute Gasteiger partial charge is 0.326 e. The second kappa shape index (κ2) is 11.9. The Morgan fingerprint density at radius 2 is 1.86 bits per heavy atom. The number of carbonyl (C=O) groups excluding carboxylic acids is 4. The van der Waals surface area contributed by atoms with E-state index < -0.39 is 41.8 Å². The van der Waals surface area contributed by atoms with Gasteiger partial charge in [0.25, 0.3) is 0 Å². The monoisotopic (exact) mass is 605 g/mol. The van der Waals surface area contributed by atoms with Crippen molar-refractivity contribution < 1.29 is 23.9 Å². The Labute approximate surface area is 253 Å². The fourth-order valence-corrected chi connectivity index (χ4v) is 5.25. The van der Waals surface area contributed by atoms with Crippen LogP contribution in [-0.4, -0.2) is 74.7 Å². The normalized spacial score (nSPS) is 18.7. The van der Waals surface area contributed by atoms with Gasteiger partial charge in [0.05, 0.1) is 24.2 Å². The number of aromatic nitrogens is 2. The summed E-state index contributed by atoms with van der Waals surface area (Å²) < 4.78 is 6.31. The molecule has 0 bridgehead atoms. The van der Waals surface area contributed by atoms with E-state index in [0.717, 1.165) is 11.1 Å². The summed E-state index contributed by atoms with van der Waals surface area (Å²) in [4.78, 5) is 59.0. The summed E-state index contributed by atoms with van der Waals surface area (Å²) in [6, 6.07) is 10.2. The minimum Gasteiger partial charge on any atom is -0.487 e. The number of amidine groups is 1. The first-order valence-corrected chi connectivity index (χ1v) is 14.1. The van der Waals surface area contributed by atoms with Crippen molar-refractivity contribution in [2.45, 2.75) is 44.9 Å². The number of hydrogen-bond acceptors (Lipinski definition) is 7. The van der Waals surface area contributed by atoms with Crippen LogP contribution in [0.5, 0.6) is 5.75 Å². The SMILES string of the molecule is CC(C)(C)Oc1cc(C(=O)CC(N)=O)ccc1C1=NC(c2cn[nH]c2)C(c2ccc(Cl)cc2)N1C(=O)N1CCNC(=O)C1. The number of benzene rings is 2. The van der Waals surface area contributed by atoms with E-state index in [1.54, 1.807) is 41.6 Å². The molecule has 5 rings (SSSR count). The molecule has 0 saturated carbocycles. The molecule has 0 spiro atoms. The fourth-order valence-electron chi connectivity index (χ4n) is 5.13. The molecule has 12 nitrogen and oxygen atoms in total. The second-order valence-electron chi connectivity index (χ2n) is 11.3. The first-order chi connectivity index (χ1) is 20.4. The number of primary amides is 1. The number of H-pyrrole nitrogens is 1. The van der Waals surface area contributed by atoms with Crippen LogP contribution in [0.2, 0.25) is 5.02 Å². The zero-order valence-corrected chi connectivity index (χ0v) is 24.7. The predicted octanol–water partition coefficient (Wildman–Crippen LogP) is 3.40. The highest BCUT2D eigenvalue weighted by Gasteiger charge is 2.45. The molecule has 2 aromatic carbocycles. The van der Waals surface area contributed by atoms with Crippen LogP contribution in [0.4, 0.5) is 4.79 Å². The number of nitrogens with two attached hydrogens (primary N) is 1. The summed E-state index contributed by atoms with van der Waals surface area (Å²) in [5.41, 5.74) is 6.74. The lowest BCUT2D eigenvalue weighted by Crippen LogP contribution is -2.55. The Bertz CT molecular complexity index is 1580. The molecule has 0 radical (unpaired) electrons. The maximum Gasteiger partial charge on any atom is 0.326 e. The molecule has 3 aromatic rings. The zero-order chi connectivity index (χ0) is 30.9. The summed E-state index contributed by atoms with van der Waals surface area (Å²) in [7, 11) is 0. The summed E-state index contributed by atoms with van der Waals surface area (Å²) in [6.07, 6.45) is 2.91. The quantitative estimate of drug-likeness (QED) is 0.276. The average molecular weight is 606 g/mol. The maximum atomic E-state index is 14.4. The van der Waals surface area contributed by atoms with Crippen LogP contribution >= 0.6 is 11.6 Å². The molecule has 224 valence electrons. The molecule has 2 aliphatic rings. The number of hydrogen-bond donors (Lipinski definition) is 3. The van der Waals surface area contributed by atoms with Gasteiger partial charge in [0.1, 0.15) is 29.8 Å². The van der Waals surface area contributed by atoms with Crippen molar-refractivity contribution in [3.8, 4) is 5.75 Å². The van der Waals surface area contributed by atoms with Gasteiger partial charge >= 0.3 is 6.03 Å². The molecule has 43 heavy (non-hydrogen) atoms. The van der Waals surface area contributed by atoms with E-state index in [1.807, 2.05) is 32.9 Å². The summed E-state index contributed by atoms with van der Waals surface area (Å²) in [5, 5.41) is 10.2. The lowest BCUT2D eigenvalue weighted by atomic mass is 9.95. The van der Waals surface area contributed by atoms with Crippen molar-refractivity contribution in [3.05, 3.63) is 82.1 Å². The predicted molar refractivity (Wildman–Crippen MR) is 159 cm³/mol. The van der Waals surface area contributed by atoms with Crippen molar-refractivity contribution in [2.75, 3.05) is 19.6 Å². The van der Waals surface area contributed by atoms with Gasteiger partial charge in [-0.3, -0.25) is 29.4 Å². The molecule has 2 aliphatic heterocycles. The molecule has 4 N–H and O–H groups in total. The van der Waals surface area contributed by atoms with Gasteiger partial charge in [0.15, 0.2) is 5.78 Å². The molecule has 1 saturated heterocycles. The molecule has 2 atom stereocenters. The van der Waals surface area contributed by atoms with Gasteiger partial charge < -0.3 is 20.7 Å². The number of urea groups is 1. The number of amides is 4. The van der Waals surface area contributed by atoms with E-state index in [2.05, 4.69) is 15.5 Å². The Morgan fingerprint density at radius 3 is 2.49 bits per heavy atom. The number of ether oxygens (including phenoxy) is 1. The summed E-state index contributed by atoms with van der Waals surface area (Å²) >= 11 is 6.22. The number of rotatable bonds is 7. The minimum atomic E-state index is -0.747. The first-order valence-electron chi connectivity index (χ1n) is 13.7. The van der Waals surface area contributed by atoms with Gasteiger partial charge in [-0.15, -0.1) is 0 Å². The molecule has 0 aliphatic carbocycles. The van der Waals surface area contributed by atoms with Gasteiger partial charge in [0.2, 0.25) is 11.8 Å². The summed E-state index contributed by atoms with van der Waals surface area (Å²) in [6.45, 7) is 6.07. The number of ketones is 1. The fraction of sp³-hybridized carbons (Fsp3) is 0.333. The number of aromatic amines is 1. The molecular weight excluding hydrogens is 574 g/mol. The van der Waals surface area contributed by atoms with Crippen LogP contribution < -0.4 is 15.8 Å². The Balaban J connectivity index is 1.69. The van der Waals surface area contributed by atoms with E-state index in [-0.39, 0.29) is 23.9 Å². The highest BCUT2D eigenvalue weighted by Crippen LogP contribution is 2.45. The van der Waals surface area contributed by atoms with E-state index in [4.69, 9.17) is 27.1 Å². The Kier molecular flexibility index (Phi) is 8.23. The van der Waals surface area contributed by atoms with E-state index in [9.17, 15) is 19.2 Å².